The molecule has 0 heterocycles. The second kappa shape index (κ2) is 6.65. The normalized spacial score (nSPS) is 12.8. The molecule has 6 heteroatoms. The Balaban J connectivity index is 2.77. The van der Waals surface area contributed by atoms with Crippen molar-refractivity contribution in [3.05, 3.63) is 35.4 Å². The van der Waals surface area contributed by atoms with Crippen molar-refractivity contribution in [3.63, 3.8) is 0 Å². The van der Waals surface area contributed by atoms with E-state index in [1.165, 1.54) is 0 Å². The highest BCUT2D eigenvalue weighted by Gasteiger charge is 2.26. The minimum Gasteiger partial charge on any atom is -0.481 e. The van der Waals surface area contributed by atoms with Gasteiger partial charge in [-0.1, -0.05) is 26.8 Å². The van der Waals surface area contributed by atoms with Crippen molar-refractivity contribution in [3.8, 4) is 0 Å². The third kappa shape index (κ3) is 5.13. The first-order valence-electron chi connectivity index (χ1n) is 6.57. The van der Waals surface area contributed by atoms with Gasteiger partial charge in [-0.2, -0.15) is 0 Å². The van der Waals surface area contributed by atoms with Crippen molar-refractivity contribution in [2.24, 2.45) is 11.3 Å². The lowest BCUT2D eigenvalue weighted by Gasteiger charge is -2.23. The van der Waals surface area contributed by atoms with Crippen LogP contribution in [0.5, 0.6) is 0 Å². The van der Waals surface area contributed by atoms with Gasteiger partial charge in [0.1, 0.15) is 17.2 Å². The summed E-state index contributed by atoms with van der Waals surface area (Å²) in [6.45, 7) is 5.45. The van der Waals surface area contributed by atoms with E-state index in [9.17, 15) is 18.4 Å². The Kier molecular flexibility index (Phi) is 5.41. The Morgan fingerprint density at radius 2 is 1.76 bits per heavy atom. The molecule has 0 aliphatic heterocycles. The van der Waals surface area contributed by atoms with Gasteiger partial charge in [-0.3, -0.25) is 9.59 Å². The molecule has 2 N–H and O–H groups in total. The lowest BCUT2D eigenvalue weighted by Crippen LogP contribution is -2.35. The van der Waals surface area contributed by atoms with Gasteiger partial charge in [0.15, 0.2) is 0 Å². The lowest BCUT2D eigenvalue weighted by atomic mass is 9.84. The fourth-order valence-corrected chi connectivity index (χ4v) is 2.01. The zero-order valence-electron chi connectivity index (χ0n) is 12.2. The van der Waals surface area contributed by atoms with E-state index in [0.717, 1.165) is 18.2 Å². The van der Waals surface area contributed by atoms with Gasteiger partial charge in [0.25, 0.3) is 5.91 Å². The van der Waals surface area contributed by atoms with Crippen LogP contribution in [0.2, 0.25) is 0 Å². The first-order chi connectivity index (χ1) is 9.61. The summed E-state index contributed by atoms with van der Waals surface area (Å²) >= 11 is 0. The molecule has 1 aromatic rings. The average Bonchev–Trinajstić information content (AvgIpc) is 2.32. The van der Waals surface area contributed by atoms with Crippen molar-refractivity contribution >= 4 is 11.9 Å². The number of amides is 1. The fraction of sp³-hybridized carbons (Fsp3) is 0.467. The quantitative estimate of drug-likeness (QED) is 0.878. The Hall–Kier alpha value is -1.98. The van der Waals surface area contributed by atoms with E-state index in [2.05, 4.69) is 5.32 Å². The van der Waals surface area contributed by atoms with E-state index < -0.39 is 35.0 Å². The number of hydrogen-bond donors (Lipinski definition) is 2. The Labute approximate surface area is 122 Å². The van der Waals surface area contributed by atoms with Crippen molar-refractivity contribution in [1.29, 1.82) is 0 Å². The summed E-state index contributed by atoms with van der Waals surface area (Å²) in [7, 11) is 0. The number of carbonyl (C=O) groups excluding carboxylic acids is 1. The summed E-state index contributed by atoms with van der Waals surface area (Å²) in [5, 5.41) is 11.4. The number of benzene rings is 1. The molecule has 0 aromatic heterocycles. The molecule has 1 atom stereocenters. The van der Waals surface area contributed by atoms with Crippen LogP contribution in [0.1, 0.15) is 37.6 Å². The standard InChI is InChI=1S/C15H19F2NO3/c1-15(2,3)7-9(14(20)21)8-18-13(19)12-10(16)5-4-6-11(12)17/h4-6,9H,7-8H2,1-3H3,(H,18,19)(H,20,21). The largest absolute Gasteiger partial charge is 0.481 e. The van der Waals surface area contributed by atoms with Crippen LogP contribution in [0.15, 0.2) is 18.2 Å². The van der Waals surface area contributed by atoms with Crippen LogP contribution in [0, 0.1) is 23.0 Å². The van der Waals surface area contributed by atoms with Gasteiger partial charge in [-0.15, -0.1) is 0 Å². The van der Waals surface area contributed by atoms with Crippen molar-refractivity contribution in [2.75, 3.05) is 6.54 Å². The van der Waals surface area contributed by atoms with Gasteiger partial charge in [0.05, 0.1) is 5.92 Å². The number of aliphatic carboxylic acids is 1. The van der Waals surface area contributed by atoms with Crippen LogP contribution in [0.25, 0.3) is 0 Å². The van der Waals surface area contributed by atoms with E-state index >= 15 is 0 Å². The molecular formula is C15H19F2NO3. The summed E-state index contributed by atoms with van der Waals surface area (Å²) in [5.41, 5.74) is -0.936. The molecule has 0 saturated carbocycles. The maximum Gasteiger partial charge on any atom is 0.308 e. The molecule has 0 saturated heterocycles. The first kappa shape index (κ1) is 17.1. The van der Waals surface area contributed by atoms with Crippen LogP contribution in [0.4, 0.5) is 8.78 Å². The van der Waals surface area contributed by atoms with E-state index in [-0.39, 0.29) is 12.0 Å². The van der Waals surface area contributed by atoms with Gasteiger partial charge in [-0.05, 0) is 24.0 Å². The van der Waals surface area contributed by atoms with Crippen LogP contribution in [-0.4, -0.2) is 23.5 Å². The molecule has 0 radical (unpaired) electrons. The Bertz CT molecular complexity index is 518. The summed E-state index contributed by atoms with van der Waals surface area (Å²) in [5.74, 6) is -4.78. The van der Waals surface area contributed by atoms with Crippen LogP contribution in [0.3, 0.4) is 0 Å². The predicted octanol–water partition coefficient (Wildman–Crippen LogP) is 2.83. The molecule has 0 spiro atoms. The highest BCUT2D eigenvalue weighted by atomic mass is 19.1. The molecule has 0 bridgehead atoms. The average molecular weight is 299 g/mol. The highest BCUT2D eigenvalue weighted by molar-refractivity contribution is 5.94. The minimum absolute atomic E-state index is 0.181. The number of carboxylic acids is 1. The molecule has 21 heavy (non-hydrogen) atoms. The predicted molar refractivity (Wildman–Crippen MR) is 73.9 cm³/mol. The van der Waals surface area contributed by atoms with Crippen molar-refractivity contribution in [1.82, 2.24) is 5.32 Å². The van der Waals surface area contributed by atoms with Gasteiger partial charge in [0.2, 0.25) is 0 Å². The minimum atomic E-state index is -1.06. The van der Waals surface area contributed by atoms with Crippen LogP contribution in [-0.2, 0) is 4.79 Å². The smallest absolute Gasteiger partial charge is 0.308 e. The second-order valence-electron chi connectivity index (χ2n) is 6.11. The van der Waals surface area contributed by atoms with E-state index in [0.29, 0.717) is 6.42 Å². The van der Waals surface area contributed by atoms with Crippen LogP contribution >= 0.6 is 0 Å². The SMILES string of the molecule is CC(C)(C)CC(CNC(=O)c1c(F)cccc1F)C(=O)O. The maximum absolute atomic E-state index is 13.4. The number of rotatable bonds is 5. The van der Waals surface area contributed by atoms with E-state index in [1.54, 1.807) is 0 Å². The number of nitrogens with one attached hydrogen (secondary N) is 1. The second-order valence-corrected chi connectivity index (χ2v) is 6.11. The summed E-state index contributed by atoms with van der Waals surface area (Å²) in [6.07, 6.45) is 0.336. The maximum atomic E-state index is 13.4. The van der Waals surface area contributed by atoms with Crippen LogP contribution < -0.4 is 5.32 Å². The van der Waals surface area contributed by atoms with E-state index in [1.807, 2.05) is 20.8 Å². The van der Waals surface area contributed by atoms with Crippen molar-refractivity contribution in [2.45, 2.75) is 27.2 Å². The number of carbonyl (C=O) groups is 2. The molecule has 116 valence electrons. The Morgan fingerprint density at radius 3 is 2.19 bits per heavy atom. The first-order valence-corrected chi connectivity index (χ1v) is 6.57. The fourth-order valence-electron chi connectivity index (χ4n) is 2.01. The third-order valence-electron chi connectivity index (χ3n) is 2.91. The van der Waals surface area contributed by atoms with E-state index in [4.69, 9.17) is 5.11 Å². The highest BCUT2D eigenvalue weighted by Crippen LogP contribution is 2.24. The molecule has 0 aliphatic carbocycles. The Morgan fingerprint density at radius 1 is 1.24 bits per heavy atom. The van der Waals surface area contributed by atoms with Gasteiger partial charge < -0.3 is 10.4 Å². The van der Waals surface area contributed by atoms with Gasteiger partial charge in [0, 0.05) is 6.54 Å². The molecule has 0 fully saturated rings. The third-order valence-corrected chi connectivity index (χ3v) is 2.91. The lowest BCUT2D eigenvalue weighted by molar-refractivity contribution is -0.142. The topological polar surface area (TPSA) is 66.4 Å². The molecule has 1 aromatic carbocycles. The molecular weight excluding hydrogens is 280 g/mol. The number of halogens is 2. The summed E-state index contributed by atoms with van der Waals surface area (Å²) in [4.78, 5) is 23.0. The molecule has 0 aliphatic rings. The van der Waals surface area contributed by atoms with Gasteiger partial charge in [-0.25, -0.2) is 8.78 Å². The molecule has 1 unspecified atom stereocenters. The molecule has 1 rings (SSSR count). The zero-order valence-corrected chi connectivity index (χ0v) is 12.2. The number of carboxylic acid groups (broad SMARTS) is 1. The molecule has 1 amide bonds. The van der Waals surface area contributed by atoms with Gasteiger partial charge >= 0.3 is 5.97 Å². The summed E-state index contributed by atoms with van der Waals surface area (Å²) in [6, 6.07) is 3.10. The zero-order chi connectivity index (χ0) is 16.2. The van der Waals surface area contributed by atoms with Crippen molar-refractivity contribution < 1.29 is 23.5 Å². The molecule has 4 nitrogen and oxygen atoms in total. The monoisotopic (exact) mass is 299 g/mol. The number of hydrogen-bond acceptors (Lipinski definition) is 2. The summed E-state index contributed by atoms with van der Waals surface area (Å²) < 4.78 is 26.9.